The molecule has 0 bridgehead atoms. The fourth-order valence-electron chi connectivity index (χ4n) is 4.38. The second kappa shape index (κ2) is 11.6. The molecule has 1 atom stereocenters. The summed E-state index contributed by atoms with van der Waals surface area (Å²) >= 11 is 4.19. The van der Waals surface area contributed by atoms with Crippen molar-refractivity contribution in [1.82, 2.24) is 5.32 Å². The number of rotatable bonds is 9. The number of cyclic esters (lactones) is 1. The molecule has 2 amide bonds. The maximum absolute atomic E-state index is 14.8. The molecule has 2 aromatic carbocycles. The van der Waals surface area contributed by atoms with Crippen LogP contribution in [-0.2, 0) is 15.3 Å². The van der Waals surface area contributed by atoms with E-state index in [2.05, 4.69) is 17.9 Å². The third-order valence-electron chi connectivity index (χ3n) is 6.38. The highest BCUT2D eigenvalue weighted by molar-refractivity contribution is 7.79. The maximum atomic E-state index is 14.8. The zero-order valence-corrected chi connectivity index (χ0v) is 20.4. The number of hydrogen-bond donors (Lipinski definition) is 2. The number of nitrogens with one attached hydrogen (secondary N) is 1. The molecule has 2 aliphatic heterocycles. The van der Waals surface area contributed by atoms with E-state index in [0.29, 0.717) is 22.7 Å². The molecule has 1 unspecified atom stereocenters. The summed E-state index contributed by atoms with van der Waals surface area (Å²) in [4.78, 5) is 40.3. The summed E-state index contributed by atoms with van der Waals surface area (Å²) in [6, 6.07) is 12.0. The predicted octanol–water partition coefficient (Wildman–Crippen LogP) is 4.35. The number of piperidine rings is 1. The number of carbonyl (C=O) groups is 3. The Morgan fingerprint density at radius 1 is 1.06 bits per heavy atom. The lowest BCUT2D eigenvalue weighted by atomic mass is 10.0. The van der Waals surface area contributed by atoms with E-state index in [-0.39, 0.29) is 43.4 Å². The van der Waals surface area contributed by atoms with E-state index in [9.17, 15) is 18.8 Å². The largest absolute Gasteiger partial charge is 0.442 e. The molecule has 2 saturated heterocycles. The highest BCUT2D eigenvalue weighted by Gasteiger charge is 2.33. The van der Waals surface area contributed by atoms with Crippen LogP contribution in [0, 0.1) is 5.82 Å². The number of hydrogen-bond acceptors (Lipinski definition) is 6. The maximum Gasteiger partial charge on any atom is 0.414 e. The van der Waals surface area contributed by atoms with Crippen molar-refractivity contribution in [2.45, 2.75) is 44.0 Å². The van der Waals surface area contributed by atoms with Gasteiger partial charge in [0.25, 0.3) is 0 Å². The van der Waals surface area contributed by atoms with Gasteiger partial charge in [-0.2, -0.15) is 12.6 Å². The lowest BCUT2D eigenvalue weighted by molar-refractivity contribution is -0.121. The second-order valence-electron chi connectivity index (χ2n) is 8.88. The van der Waals surface area contributed by atoms with Gasteiger partial charge in [0.15, 0.2) is 5.78 Å². The standard InChI is InChI=1S/C26H30FN3O4S/c27-22-14-20(8-9-23(22)29-12-2-1-3-13-29)30-16-21(34-26(30)33)15-28-25(32)11-10-24(31)19-6-4-18(17-35)5-7-19/h4-9,14,21,35H,1-3,10-13,15-17H2,(H,28,32). The van der Waals surface area contributed by atoms with Crippen LogP contribution in [0.15, 0.2) is 42.5 Å². The van der Waals surface area contributed by atoms with Gasteiger partial charge in [-0.05, 0) is 43.0 Å². The minimum Gasteiger partial charge on any atom is -0.442 e. The third-order valence-corrected chi connectivity index (χ3v) is 6.74. The first-order valence-electron chi connectivity index (χ1n) is 12.0. The summed E-state index contributed by atoms with van der Waals surface area (Å²) in [5, 5.41) is 2.72. The van der Waals surface area contributed by atoms with E-state index in [1.807, 2.05) is 17.0 Å². The van der Waals surface area contributed by atoms with Gasteiger partial charge < -0.3 is 15.0 Å². The fraction of sp³-hybridized carbons (Fsp3) is 0.423. The molecular formula is C26H30FN3O4S. The van der Waals surface area contributed by atoms with Gasteiger partial charge in [-0.3, -0.25) is 14.5 Å². The molecule has 7 nitrogen and oxygen atoms in total. The van der Waals surface area contributed by atoms with Crippen molar-refractivity contribution in [3.05, 3.63) is 59.4 Å². The van der Waals surface area contributed by atoms with Gasteiger partial charge in [0.2, 0.25) is 5.91 Å². The molecule has 0 aliphatic carbocycles. The summed E-state index contributed by atoms with van der Waals surface area (Å²) in [6.45, 7) is 1.99. The van der Waals surface area contributed by atoms with Crippen LogP contribution in [0.3, 0.4) is 0 Å². The van der Waals surface area contributed by atoms with Crippen LogP contribution in [0.5, 0.6) is 0 Å². The molecule has 0 radical (unpaired) electrons. The first-order valence-corrected chi connectivity index (χ1v) is 12.6. The molecule has 2 fully saturated rings. The monoisotopic (exact) mass is 499 g/mol. The van der Waals surface area contributed by atoms with Gasteiger partial charge in [-0.15, -0.1) is 0 Å². The number of anilines is 2. The van der Waals surface area contributed by atoms with Crippen molar-refractivity contribution in [1.29, 1.82) is 0 Å². The molecule has 0 spiro atoms. The minimum atomic E-state index is -0.575. The molecule has 35 heavy (non-hydrogen) atoms. The molecule has 2 aromatic rings. The summed E-state index contributed by atoms with van der Waals surface area (Å²) < 4.78 is 20.1. The van der Waals surface area contributed by atoms with Gasteiger partial charge in [-0.25, -0.2) is 9.18 Å². The van der Waals surface area contributed by atoms with Crippen LogP contribution in [-0.4, -0.2) is 50.1 Å². The van der Waals surface area contributed by atoms with Crippen molar-refractivity contribution in [3.8, 4) is 0 Å². The lowest BCUT2D eigenvalue weighted by Crippen LogP contribution is -2.34. The van der Waals surface area contributed by atoms with Crippen LogP contribution < -0.4 is 15.1 Å². The highest BCUT2D eigenvalue weighted by atomic mass is 32.1. The number of carbonyl (C=O) groups excluding carboxylic acids is 3. The summed E-state index contributed by atoms with van der Waals surface area (Å²) in [6.07, 6.45) is 2.26. The van der Waals surface area contributed by atoms with E-state index >= 15 is 0 Å². The van der Waals surface area contributed by atoms with Crippen LogP contribution >= 0.6 is 12.6 Å². The topological polar surface area (TPSA) is 79.0 Å². The normalized spacial score (nSPS) is 17.9. The van der Waals surface area contributed by atoms with Crippen molar-refractivity contribution in [2.75, 3.05) is 36.0 Å². The Morgan fingerprint density at radius 2 is 1.80 bits per heavy atom. The SMILES string of the molecule is O=C(CCC(=O)c1ccc(CS)cc1)NCC1CN(c2ccc(N3CCCCC3)c(F)c2)C(=O)O1. The Kier molecular flexibility index (Phi) is 8.28. The van der Waals surface area contributed by atoms with Gasteiger partial charge in [0.05, 0.1) is 24.5 Å². The lowest BCUT2D eigenvalue weighted by Gasteiger charge is -2.29. The van der Waals surface area contributed by atoms with Crippen LogP contribution in [0.4, 0.5) is 20.6 Å². The number of halogens is 1. The molecule has 4 rings (SSSR count). The predicted molar refractivity (Wildman–Crippen MR) is 136 cm³/mol. The first kappa shape index (κ1) is 25.0. The molecule has 9 heteroatoms. The van der Waals surface area contributed by atoms with Gasteiger partial charge >= 0.3 is 6.09 Å². The number of Topliss-reactive ketones (excluding diaryl/α,β-unsaturated/α-hetero) is 1. The molecule has 0 saturated carbocycles. The molecule has 2 aliphatic rings. The van der Waals surface area contributed by atoms with E-state index in [0.717, 1.165) is 37.9 Å². The van der Waals surface area contributed by atoms with Crippen LogP contribution in [0.25, 0.3) is 0 Å². The third kappa shape index (κ3) is 6.33. The Hall–Kier alpha value is -3.07. The van der Waals surface area contributed by atoms with E-state index in [4.69, 9.17) is 4.74 Å². The smallest absolute Gasteiger partial charge is 0.414 e. The van der Waals surface area contributed by atoms with E-state index in [1.54, 1.807) is 24.3 Å². The first-order chi connectivity index (χ1) is 16.9. The number of ether oxygens (including phenoxy) is 1. The summed E-state index contributed by atoms with van der Waals surface area (Å²) in [7, 11) is 0. The molecule has 0 aromatic heterocycles. The Morgan fingerprint density at radius 3 is 2.49 bits per heavy atom. The van der Waals surface area contributed by atoms with Crippen molar-refractivity contribution < 1.29 is 23.5 Å². The van der Waals surface area contributed by atoms with Gasteiger partial charge in [0.1, 0.15) is 11.9 Å². The van der Waals surface area contributed by atoms with Gasteiger partial charge in [0, 0.05) is 37.2 Å². The summed E-state index contributed by atoms with van der Waals surface area (Å²) in [5.41, 5.74) is 2.55. The molecule has 1 N–H and O–H groups in total. The molecule has 186 valence electrons. The molecule has 2 heterocycles. The Balaban J connectivity index is 1.24. The van der Waals surface area contributed by atoms with Crippen molar-refractivity contribution >= 4 is 41.8 Å². The highest BCUT2D eigenvalue weighted by Crippen LogP contribution is 2.29. The number of nitrogens with zero attached hydrogens (tertiary/aromatic N) is 2. The Labute approximate surface area is 210 Å². The number of benzene rings is 2. The average Bonchev–Trinajstić information content (AvgIpc) is 3.26. The number of thiol groups is 1. The number of ketones is 1. The van der Waals surface area contributed by atoms with Gasteiger partial charge in [-0.1, -0.05) is 24.3 Å². The van der Waals surface area contributed by atoms with Crippen molar-refractivity contribution in [2.24, 2.45) is 0 Å². The van der Waals surface area contributed by atoms with Crippen LogP contribution in [0.2, 0.25) is 0 Å². The second-order valence-corrected chi connectivity index (χ2v) is 9.20. The minimum absolute atomic E-state index is 0.0424. The Bertz CT molecular complexity index is 1070. The molecular weight excluding hydrogens is 469 g/mol. The fourth-order valence-corrected chi connectivity index (χ4v) is 4.59. The average molecular weight is 500 g/mol. The van der Waals surface area contributed by atoms with Crippen LogP contribution in [0.1, 0.15) is 48.0 Å². The number of amides is 2. The van der Waals surface area contributed by atoms with Crippen molar-refractivity contribution in [3.63, 3.8) is 0 Å². The van der Waals surface area contributed by atoms with E-state index in [1.165, 1.54) is 11.0 Å². The zero-order chi connectivity index (χ0) is 24.8. The zero-order valence-electron chi connectivity index (χ0n) is 19.5. The van der Waals surface area contributed by atoms with E-state index < -0.39 is 12.2 Å². The summed E-state index contributed by atoms with van der Waals surface area (Å²) in [5.74, 6) is -0.172. The quantitative estimate of drug-likeness (QED) is 0.396.